The van der Waals surface area contributed by atoms with Crippen molar-refractivity contribution in [3.8, 4) is 11.5 Å². The van der Waals surface area contributed by atoms with Gasteiger partial charge in [0.25, 0.3) is 5.91 Å². The summed E-state index contributed by atoms with van der Waals surface area (Å²) in [7, 11) is 0. The number of hydrogen-bond acceptors (Lipinski definition) is 4. The number of aromatic carboxylic acids is 1. The molecule has 3 aromatic rings. The molecule has 166 valence electrons. The molecule has 0 aromatic heterocycles. The number of carbonyl (C=O) groups is 2. The summed E-state index contributed by atoms with van der Waals surface area (Å²) in [4.78, 5) is 26.4. The van der Waals surface area contributed by atoms with Gasteiger partial charge in [-0.2, -0.15) is 0 Å². The molecule has 1 N–H and O–H groups in total. The predicted octanol–water partition coefficient (Wildman–Crippen LogP) is 5.15. The Balaban J connectivity index is 1.82. The highest BCUT2D eigenvalue weighted by atomic mass is 79.9. The molecule has 0 aliphatic rings. The van der Waals surface area contributed by atoms with E-state index >= 15 is 0 Å². The second-order valence-electron chi connectivity index (χ2n) is 6.99. The van der Waals surface area contributed by atoms with Gasteiger partial charge in [-0.15, -0.1) is 0 Å². The topological polar surface area (TPSA) is 76.1 Å². The molecule has 7 heteroatoms. The molecule has 6 nitrogen and oxygen atoms in total. The third-order valence-corrected chi connectivity index (χ3v) is 5.36. The lowest BCUT2D eigenvalue weighted by atomic mass is 10.1. The maximum Gasteiger partial charge on any atom is 0.339 e. The largest absolute Gasteiger partial charge is 0.494 e. The van der Waals surface area contributed by atoms with Gasteiger partial charge in [-0.3, -0.25) is 4.79 Å². The molecule has 3 rings (SSSR count). The van der Waals surface area contributed by atoms with E-state index in [1.807, 2.05) is 61.5 Å². The number of nitrogens with zero attached hydrogens (tertiary/aromatic N) is 1. The molecule has 0 heterocycles. The lowest BCUT2D eigenvalue weighted by Crippen LogP contribution is -2.34. The Hall–Kier alpha value is -3.32. The predicted molar refractivity (Wildman–Crippen MR) is 125 cm³/mol. The number of amides is 1. The maximum atomic E-state index is 13.2. The molecule has 0 atom stereocenters. The summed E-state index contributed by atoms with van der Waals surface area (Å²) >= 11 is 3.31. The summed E-state index contributed by atoms with van der Waals surface area (Å²) < 4.78 is 11.9. The Kier molecular flexibility index (Phi) is 8.27. The van der Waals surface area contributed by atoms with Crippen LogP contribution < -0.4 is 9.47 Å². The van der Waals surface area contributed by atoms with Gasteiger partial charge < -0.3 is 19.5 Å². The Morgan fingerprint density at radius 2 is 1.62 bits per heavy atom. The van der Waals surface area contributed by atoms with Crippen LogP contribution >= 0.6 is 15.9 Å². The minimum atomic E-state index is -1.12. The first kappa shape index (κ1) is 23.3. The van der Waals surface area contributed by atoms with E-state index in [1.165, 1.54) is 6.07 Å². The SMILES string of the molecule is CCOc1ccccc1CN(Cc1ccccc1)C(=O)COc1c(Br)cccc1C(=O)O. The zero-order valence-electron chi connectivity index (χ0n) is 17.7. The fraction of sp³-hybridized carbons (Fsp3) is 0.200. The number of rotatable bonds is 10. The van der Waals surface area contributed by atoms with Crippen molar-refractivity contribution >= 4 is 27.8 Å². The van der Waals surface area contributed by atoms with Crippen molar-refractivity contribution in [1.82, 2.24) is 4.90 Å². The molecule has 0 radical (unpaired) electrons. The first-order valence-electron chi connectivity index (χ1n) is 10.2. The fourth-order valence-electron chi connectivity index (χ4n) is 3.22. The average Bonchev–Trinajstić information content (AvgIpc) is 2.79. The Labute approximate surface area is 195 Å². The molecular formula is C25H24BrNO5. The van der Waals surface area contributed by atoms with E-state index in [4.69, 9.17) is 9.47 Å². The van der Waals surface area contributed by atoms with Gasteiger partial charge in [-0.1, -0.05) is 54.6 Å². The molecule has 0 fully saturated rings. The number of halogens is 1. The van der Waals surface area contributed by atoms with Gasteiger partial charge in [0.2, 0.25) is 0 Å². The third-order valence-electron chi connectivity index (χ3n) is 4.74. The molecule has 32 heavy (non-hydrogen) atoms. The minimum absolute atomic E-state index is 0.0107. The summed E-state index contributed by atoms with van der Waals surface area (Å²) in [6, 6.07) is 22.0. The van der Waals surface area contributed by atoms with E-state index in [1.54, 1.807) is 17.0 Å². The van der Waals surface area contributed by atoms with Crippen molar-refractivity contribution in [3.05, 3.63) is 94.0 Å². The van der Waals surface area contributed by atoms with Gasteiger partial charge in [0.15, 0.2) is 6.61 Å². The van der Waals surface area contributed by atoms with Crippen molar-refractivity contribution in [1.29, 1.82) is 0 Å². The lowest BCUT2D eigenvalue weighted by Gasteiger charge is -2.24. The van der Waals surface area contributed by atoms with E-state index in [0.29, 0.717) is 24.2 Å². The van der Waals surface area contributed by atoms with Gasteiger partial charge in [-0.25, -0.2) is 4.79 Å². The second-order valence-corrected chi connectivity index (χ2v) is 7.84. The van der Waals surface area contributed by atoms with Crippen molar-refractivity contribution in [3.63, 3.8) is 0 Å². The van der Waals surface area contributed by atoms with Gasteiger partial charge in [-0.05, 0) is 46.6 Å². The summed E-state index contributed by atoms with van der Waals surface area (Å²) in [6.45, 7) is 2.84. The zero-order valence-corrected chi connectivity index (χ0v) is 19.2. The maximum absolute atomic E-state index is 13.2. The van der Waals surface area contributed by atoms with Gasteiger partial charge in [0, 0.05) is 18.7 Å². The average molecular weight is 498 g/mol. The van der Waals surface area contributed by atoms with Crippen LogP contribution in [0.25, 0.3) is 0 Å². The van der Waals surface area contributed by atoms with Crippen LogP contribution in [0.5, 0.6) is 11.5 Å². The molecule has 0 saturated heterocycles. The normalized spacial score (nSPS) is 10.4. The van der Waals surface area contributed by atoms with Crippen molar-refractivity contribution in [2.75, 3.05) is 13.2 Å². The van der Waals surface area contributed by atoms with Crippen molar-refractivity contribution in [2.45, 2.75) is 20.0 Å². The highest BCUT2D eigenvalue weighted by molar-refractivity contribution is 9.10. The number of hydrogen-bond donors (Lipinski definition) is 1. The second kappa shape index (κ2) is 11.3. The summed E-state index contributed by atoms with van der Waals surface area (Å²) in [5.41, 5.74) is 1.84. The fourth-order valence-corrected chi connectivity index (χ4v) is 3.70. The van der Waals surface area contributed by atoms with Crippen LogP contribution in [0.3, 0.4) is 0 Å². The molecule has 0 saturated carbocycles. The van der Waals surface area contributed by atoms with Gasteiger partial charge >= 0.3 is 5.97 Å². The smallest absolute Gasteiger partial charge is 0.339 e. The number of carboxylic acids is 1. The van der Waals surface area contributed by atoms with Crippen LogP contribution in [-0.4, -0.2) is 35.1 Å². The summed E-state index contributed by atoms with van der Waals surface area (Å²) in [5, 5.41) is 9.43. The first-order valence-corrected chi connectivity index (χ1v) is 11.0. The molecule has 0 bridgehead atoms. The number of benzene rings is 3. The number of carboxylic acid groups (broad SMARTS) is 1. The highest BCUT2D eigenvalue weighted by Gasteiger charge is 2.20. The van der Waals surface area contributed by atoms with Crippen LogP contribution in [0.4, 0.5) is 0 Å². The molecule has 0 aliphatic heterocycles. The Morgan fingerprint density at radius 3 is 2.34 bits per heavy atom. The van der Waals surface area contributed by atoms with Gasteiger partial charge in [0.1, 0.15) is 17.1 Å². The van der Waals surface area contributed by atoms with E-state index in [2.05, 4.69) is 15.9 Å². The molecule has 3 aromatic carbocycles. The number of carbonyl (C=O) groups excluding carboxylic acids is 1. The monoisotopic (exact) mass is 497 g/mol. The van der Waals surface area contributed by atoms with E-state index in [9.17, 15) is 14.7 Å². The summed E-state index contributed by atoms with van der Waals surface area (Å²) in [6.07, 6.45) is 0. The Morgan fingerprint density at radius 1 is 0.906 bits per heavy atom. The van der Waals surface area contributed by atoms with E-state index < -0.39 is 5.97 Å². The van der Waals surface area contributed by atoms with Crippen molar-refractivity contribution in [2.24, 2.45) is 0 Å². The highest BCUT2D eigenvalue weighted by Crippen LogP contribution is 2.29. The molecule has 0 aliphatic carbocycles. The molecule has 1 amide bonds. The lowest BCUT2D eigenvalue weighted by molar-refractivity contribution is -0.134. The van der Waals surface area contributed by atoms with Crippen LogP contribution in [0, 0.1) is 0 Å². The quantitative estimate of drug-likeness (QED) is 0.418. The Bertz CT molecular complexity index is 1070. The van der Waals surface area contributed by atoms with Gasteiger partial charge in [0.05, 0.1) is 11.1 Å². The van der Waals surface area contributed by atoms with Crippen LogP contribution in [0.1, 0.15) is 28.4 Å². The molecular weight excluding hydrogens is 474 g/mol. The van der Waals surface area contributed by atoms with Crippen LogP contribution in [-0.2, 0) is 17.9 Å². The number of ether oxygens (including phenoxy) is 2. The van der Waals surface area contributed by atoms with Crippen molar-refractivity contribution < 1.29 is 24.2 Å². The zero-order chi connectivity index (χ0) is 22.9. The standard InChI is InChI=1S/C25H24BrNO5/c1-2-31-22-14-7-6-11-19(22)16-27(15-18-9-4-3-5-10-18)23(28)17-32-24-20(25(29)30)12-8-13-21(24)26/h3-14H,2,15-17H2,1H3,(H,29,30). The van der Waals surface area contributed by atoms with Crippen LogP contribution in [0.2, 0.25) is 0 Å². The molecule has 0 spiro atoms. The third kappa shape index (κ3) is 6.11. The molecule has 0 unspecified atom stereocenters. The number of para-hydroxylation sites is 2. The van der Waals surface area contributed by atoms with E-state index in [0.717, 1.165) is 16.9 Å². The first-order chi connectivity index (χ1) is 15.5. The van der Waals surface area contributed by atoms with E-state index in [-0.39, 0.29) is 23.8 Å². The van der Waals surface area contributed by atoms with Crippen LogP contribution in [0.15, 0.2) is 77.3 Å². The summed E-state index contributed by atoms with van der Waals surface area (Å²) in [5.74, 6) is -0.545. The minimum Gasteiger partial charge on any atom is -0.494 e.